The lowest BCUT2D eigenvalue weighted by Gasteiger charge is -2.26. The molecule has 4 rings (SSSR count). The maximum atomic E-state index is 13.2. The molecule has 0 unspecified atom stereocenters. The number of esters is 1. The molecule has 188 valence electrons. The van der Waals surface area contributed by atoms with Crippen molar-refractivity contribution in [1.82, 2.24) is 5.32 Å². The normalized spacial score (nSPS) is 14.5. The number of benzene rings is 3. The molecule has 1 heterocycles. The van der Waals surface area contributed by atoms with E-state index in [4.69, 9.17) is 32.7 Å². The summed E-state index contributed by atoms with van der Waals surface area (Å²) >= 11 is 12.0. The van der Waals surface area contributed by atoms with Crippen LogP contribution in [0.3, 0.4) is 0 Å². The number of nitrogens with one attached hydrogen (secondary N) is 1. The van der Waals surface area contributed by atoms with Crippen LogP contribution in [0.2, 0.25) is 10.0 Å². The number of barbiturate groups is 1. The van der Waals surface area contributed by atoms with Crippen LogP contribution in [0.5, 0.6) is 11.5 Å². The van der Waals surface area contributed by atoms with Crippen LogP contribution in [0.25, 0.3) is 6.08 Å². The summed E-state index contributed by atoms with van der Waals surface area (Å²) in [5.74, 6) is -2.01. The summed E-state index contributed by atoms with van der Waals surface area (Å²) in [6.07, 6.45) is 1.33. The first-order valence-electron chi connectivity index (χ1n) is 11.1. The third-order valence-corrected chi connectivity index (χ3v) is 5.84. The van der Waals surface area contributed by atoms with Crippen molar-refractivity contribution in [3.63, 3.8) is 0 Å². The first-order chi connectivity index (χ1) is 17.7. The van der Waals surface area contributed by atoms with E-state index in [0.29, 0.717) is 16.3 Å². The van der Waals surface area contributed by atoms with Crippen LogP contribution in [-0.4, -0.2) is 30.4 Å². The van der Waals surface area contributed by atoms with Gasteiger partial charge >= 0.3 is 12.0 Å². The summed E-state index contributed by atoms with van der Waals surface area (Å²) in [6, 6.07) is 14.8. The number of aryl methyl sites for hydroxylation is 1. The maximum Gasteiger partial charge on any atom is 0.345 e. The first kappa shape index (κ1) is 25.9. The van der Waals surface area contributed by atoms with Gasteiger partial charge in [-0.3, -0.25) is 14.9 Å². The molecule has 0 bridgehead atoms. The zero-order valence-electron chi connectivity index (χ0n) is 19.7. The number of nitrogens with zero attached hydrogens (tertiary/aromatic N) is 1. The van der Waals surface area contributed by atoms with Crippen molar-refractivity contribution >= 4 is 58.8 Å². The number of amides is 4. The molecule has 1 N–H and O–H groups in total. The molecule has 0 radical (unpaired) electrons. The smallest absolute Gasteiger partial charge is 0.345 e. The van der Waals surface area contributed by atoms with Gasteiger partial charge < -0.3 is 9.47 Å². The second-order valence-corrected chi connectivity index (χ2v) is 8.79. The van der Waals surface area contributed by atoms with Gasteiger partial charge in [-0.1, -0.05) is 41.4 Å². The van der Waals surface area contributed by atoms with E-state index in [9.17, 15) is 19.2 Å². The number of anilines is 1. The third kappa shape index (κ3) is 5.66. The van der Waals surface area contributed by atoms with Crippen LogP contribution in [0.15, 0.2) is 66.2 Å². The Bertz CT molecular complexity index is 1470. The Morgan fingerprint density at radius 1 is 1.00 bits per heavy atom. The summed E-state index contributed by atoms with van der Waals surface area (Å²) < 4.78 is 11.1. The lowest BCUT2D eigenvalue weighted by atomic mass is 10.1. The summed E-state index contributed by atoms with van der Waals surface area (Å²) in [5.41, 5.74) is 1.45. The zero-order chi connectivity index (χ0) is 26.7. The molecule has 3 aromatic carbocycles. The van der Waals surface area contributed by atoms with Gasteiger partial charge in [0.25, 0.3) is 11.8 Å². The summed E-state index contributed by atoms with van der Waals surface area (Å²) in [4.78, 5) is 51.7. The van der Waals surface area contributed by atoms with Gasteiger partial charge in [-0.2, -0.15) is 0 Å². The summed E-state index contributed by atoms with van der Waals surface area (Å²) in [6.45, 7) is 3.82. The molecule has 3 aromatic rings. The van der Waals surface area contributed by atoms with Gasteiger partial charge in [0.2, 0.25) is 0 Å². The fourth-order valence-electron chi connectivity index (χ4n) is 3.60. The minimum absolute atomic E-state index is 0.107. The number of urea groups is 1. The van der Waals surface area contributed by atoms with E-state index >= 15 is 0 Å². The Morgan fingerprint density at radius 2 is 1.78 bits per heavy atom. The number of rotatable bonds is 6. The lowest BCUT2D eigenvalue weighted by molar-refractivity contribution is -0.122. The molecule has 8 nitrogen and oxygen atoms in total. The van der Waals surface area contributed by atoms with E-state index < -0.39 is 23.8 Å². The molecule has 0 aromatic heterocycles. The number of hydrogen-bond acceptors (Lipinski definition) is 6. The van der Waals surface area contributed by atoms with Gasteiger partial charge in [0.15, 0.2) is 11.5 Å². The second-order valence-electron chi connectivity index (χ2n) is 7.95. The predicted octanol–water partition coefficient (Wildman–Crippen LogP) is 5.59. The number of carbonyl (C=O) groups excluding carboxylic acids is 4. The molecule has 0 atom stereocenters. The van der Waals surface area contributed by atoms with Crippen LogP contribution < -0.4 is 19.7 Å². The average Bonchev–Trinajstić information content (AvgIpc) is 2.83. The molecule has 0 aliphatic carbocycles. The molecule has 0 saturated carbocycles. The Balaban J connectivity index is 1.65. The largest absolute Gasteiger partial charge is 0.490 e. The average molecular weight is 539 g/mol. The lowest BCUT2D eigenvalue weighted by Crippen LogP contribution is -2.54. The van der Waals surface area contributed by atoms with Gasteiger partial charge in [0, 0.05) is 5.02 Å². The molecule has 37 heavy (non-hydrogen) atoms. The second kappa shape index (κ2) is 10.9. The fourth-order valence-corrected chi connectivity index (χ4v) is 4.09. The van der Waals surface area contributed by atoms with E-state index in [1.54, 1.807) is 25.1 Å². The minimum atomic E-state index is -0.837. The standard InChI is InChI=1S/C27H20Cl2N2O6/c1-3-36-23-13-16(7-10-22(23)37-26(34)19-9-8-17(28)14-21(19)29)12-20-24(32)30-27(35)31(25(20)33)18-6-4-5-15(2)11-18/h4-14H,3H2,1-2H3,(H,30,32,35)/b20-12+. The van der Waals surface area contributed by atoms with E-state index in [-0.39, 0.29) is 34.3 Å². The Hall–Kier alpha value is -4.14. The van der Waals surface area contributed by atoms with E-state index in [2.05, 4.69) is 5.32 Å². The first-order valence-corrected chi connectivity index (χ1v) is 11.9. The monoisotopic (exact) mass is 538 g/mol. The molecule has 1 aliphatic heterocycles. The molecule has 0 spiro atoms. The van der Waals surface area contributed by atoms with Crippen molar-refractivity contribution in [1.29, 1.82) is 0 Å². The Kier molecular flexibility index (Phi) is 7.61. The minimum Gasteiger partial charge on any atom is -0.490 e. The number of imide groups is 2. The number of hydrogen-bond donors (Lipinski definition) is 1. The molecule has 10 heteroatoms. The van der Waals surface area contributed by atoms with Crippen molar-refractivity contribution in [3.05, 3.63) is 93.0 Å². The van der Waals surface area contributed by atoms with Gasteiger partial charge in [0.1, 0.15) is 5.57 Å². The highest BCUT2D eigenvalue weighted by Crippen LogP contribution is 2.32. The quantitative estimate of drug-likeness (QED) is 0.190. The van der Waals surface area contributed by atoms with Crippen LogP contribution in [0.1, 0.15) is 28.4 Å². The van der Waals surface area contributed by atoms with Gasteiger partial charge in [-0.15, -0.1) is 0 Å². The van der Waals surface area contributed by atoms with Gasteiger partial charge in [0.05, 0.1) is 22.9 Å². The molecule has 1 fully saturated rings. The summed E-state index contributed by atoms with van der Waals surface area (Å²) in [5, 5.41) is 2.69. The van der Waals surface area contributed by atoms with Crippen molar-refractivity contribution in [2.24, 2.45) is 0 Å². The SMILES string of the molecule is CCOc1cc(/C=C2\C(=O)NC(=O)N(c3cccc(C)c3)C2=O)ccc1OC(=O)c1ccc(Cl)cc1Cl. The zero-order valence-corrected chi connectivity index (χ0v) is 21.2. The molecule has 1 aliphatic rings. The van der Waals surface area contributed by atoms with Crippen molar-refractivity contribution in [2.45, 2.75) is 13.8 Å². The van der Waals surface area contributed by atoms with Crippen LogP contribution in [0.4, 0.5) is 10.5 Å². The Labute approximate surface area is 222 Å². The van der Waals surface area contributed by atoms with E-state index in [1.165, 1.54) is 42.5 Å². The van der Waals surface area contributed by atoms with Crippen LogP contribution in [0, 0.1) is 6.92 Å². The molecular formula is C27H20Cl2N2O6. The highest BCUT2D eigenvalue weighted by molar-refractivity contribution is 6.39. The fraction of sp³-hybridized carbons (Fsp3) is 0.111. The van der Waals surface area contributed by atoms with E-state index in [0.717, 1.165) is 10.5 Å². The third-order valence-electron chi connectivity index (χ3n) is 5.29. The number of ether oxygens (including phenoxy) is 2. The molecule has 4 amide bonds. The number of halogens is 2. The predicted molar refractivity (Wildman–Crippen MR) is 139 cm³/mol. The van der Waals surface area contributed by atoms with Crippen molar-refractivity contribution in [2.75, 3.05) is 11.5 Å². The topological polar surface area (TPSA) is 102 Å². The Morgan fingerprint density at radius 3 is 2.49 bits per heavy atom. The summed E-state index contributed by atoms with van der Waals surface area (Å²) in [7, 11) is 0. The van der Waals surface area contributed by atoms with Crippen molar-refractivity contribution in [3.8, 4) is 11.5 Å². The number of carbonyl (C=O) groups is 4. The van der Waals surface area contributed by atoms with E-state index in [1.807, 2.05) is 13.0 Å². The maximum absolute atomic E-state index is 13.2. The van der Waals surface area contributed by atoms with Gasteiger partial charge in [-0.05, 0) is 73.5 Å². The van der Waals surface area contributed by atoms with Crippen LogP contribution in [-0.2, 0) is 9.59 Å². The highest BCUT2D eigenvalue weighted by atomic mass is 35.5. The highest BCUT2D eigenvalue weighted by Gasteiger charge is 2.36. The van der Waals surface area contributed by atoms with Gasteiger partial charge in [-0.25, -0.2) is 14.5 Å². The van der Waals surface area contributed by atoms with Crippen molar-refractivity contribution < 1.29 is 28.7 Å². The molecular weight excluding hydrogens is 519 g/mol. The van der Waals surface area contributed by atoms with Crippen LogP contribution >= 0.6 is 23.2 Å². The molecule has 1 saturated heterocycles.